The average molecular weight is 1250 g/mol. The number of hydrogen-bond acceptors (Lipinski definition) is 3. The van der Waals surface area contributed by atoms with Crippen LogP contribution in [0.4, 0.5) is 0 Å². The van der Waals surface area contributed by atoms with Crippen LogP contribution in [0.25, 0.3) is 0 Å². The molecule has 1 N–H and O–H groups in total. The highest BCUT2D eigenvalue weighted by Gasteiger charge is 2.17. The van der Waals surface area contributed by atoms with Gasteiger partial charge in [0.05, 0.1) is 0 Å². The van der Waals surface area contributed by atoms with Gasteiger partial charge >= 0.3 is 0 Å². The van der Waals surface area contributed by atoms with E-state index >= 15 is 0 Å². The summed E-state index contributed by atoms with van der Waals surface area (Å²) in [6, 6.07) is 17.9. The van der Waals surface area contributed by atoms with Gasteiger partial charge in [0.2, 0.25) is 0 Å². The van der Waals surface area contributed by atoms with Crippen LogP contribution in [0.15, 0.2) is 48.5 Å². The Kier molecular flexibility index (Phi) is 64.4. The molecule has 2 aromatic rings. The van der Waals surface area contributed by atoms with Crippen LogP contribution in [-0.2, 0) is 13.1 Å². The molecule has 0 fully saturated rings. The molecule has 0 aliphatic carbocycles. The summed E-state index contributed by atoms with van der Waals surface area (Å²) in [4.78, 5) is 5.66. The van der Waals surface area contributed by atoms with Gasteiger partial charge in [-0.15, -0.1) is 0 Å². The van der Waals surface area contributed by atoms with E-state index in [9.17, 15) is 5.11 Å². The van der Waals surface area contributed by atoms with Crippen molar-refractivity contribution < 1.29 is 5.11 Å². The van der Waals surface area contributed by atoms with Crippen molar-refractivity contribution in [2.24, 2.45) is 0 Å². The second-order valence-electron chi connectivity index (χ2n) is 29.7. The van der Waals surface area contributed by atoms with Crippen LogP contribution in [0.3, 0.4) is 0 Å². The Hall–Kier alpha value is -1.68. The van der Waals surface area contributed by atoms with Crippen LogP contribution in [0.2, 0.25) is 0 Å². The van der Waals surface area contributed by atoms with Crippen LogP contribution < -0.4 is 0 Å². The first-order chi connectivity index (χ1) is 44.6. The van der Waals surface area contributed by atoms with Gasteiger partial charge in [0, 0.05) is 13.1 Å². The number of nitrogens with zero attached hydrogens (tertiary/aromatic N) is 2. The lowest BCUT2D eigenvalue weighted by molar-refractivity contribution is 0.218. The van der Waals surface area contributed by atoms with E-state index in [1.807, 2.05) is 0 Å². The highest BCUT2D eigenvalue weighted by molar-refractivity contribution is 5.36. The summed E-state index contributed by atoms with van der Waals surface area (Å²) in [5, 5.41) is 12.1. The van der Waals surface area contributed by atoms with Gasteiger partial charge in [-0.3, -0.25) is 9.80 Å². The molecule has 3 heteroatoms. The number of hydrogen-bond donors (Lipinski definition) is 1. The fraction of sp³-hybridized carbons (Fsp3) is 0.862. The number of aliphatic hydroxyl groups excluding tert-OH is 1. The third kappa shape index (κ3) is 55.6. The molecular formula is C87H162N2O. The monoisotopic (exact) mass is 1250 g/mol. The Balaban J connectivity index is 2.07. The van der Waals surface area contributed by atoms with E-state index in [4.69, 9.17) is 0 Å². The number of rotatable bonds is 74. The summed E-state index contributed by atoms with van der Waals surface area (Å²) in [5.41, 5.74) is 4.92. The second-order valence-corrected chi connectivity index (χ2v) is 29.7. The van der Waals surface area contributed by atoms with Gasteiger partial charge in [-0.2, -0.15) is 0 Å². The highest BCUT2D eigenvalue weighted by atomic mass is 16.3. The van der Waals surface area contributed by atoms with Crippen molar-refractivity contribution in [2.75, 3.05) is 26.2 Å². The van der Waals surface area contributed by atoms with Crippen molar-refractivity contribution >= 4 is 0 Å². The zero-order valence-electron chi connectivity index (χ0n) is 62.0. The predicted octanol–water partition coefficient (Wildman–Crippen LogP) is 29.4. The van der Waals surface area contributed by atoms with Gasteiger partial charge in [0.25, 0.3) is 0 Å². The topological polar surface area (TPSA) is 26.7 Å². The molecule has 0 aliphatic rings. The highest BCUT2D eigenvalue weighted by Crippen LogP contribution is 2.27. The van der Waals surface area contributed by atoms with Crippen molar-refractivity contribution in [1.29, 1.82) is 0 Å². The molecule has 0 radical (unpaired) electrons. The molecule has 2 aromatic carbocycles. The largest absolute Gasteiger partial charge is 0.384 e. The van der Waals surface area contributed by atoms with E-state index in [-0.39, 0.29) is 0 Å². The van der Waals surface area contributed by atoms with Crippen molar-refractivity contribution in [3.63, 3.8) is 0 Å². The smallest absolute Gasteiger partial charge is 0.104 e. The maximum atomic E-state index is 12.1. The molecule has 3 nitrogen and oxygen atoms in total. The summed E-state index contributed by atoms with van der Waals surface area (Å²) in [7, 11) is 0. The lowest BCUT2D eigenvalue weighted by atomic mass is 9.96. The zero-order valence-corrected chi connectivity index (χ0v) is 62.0. The molecule has 0 saturated heterocycles. The molecule has 0 aliphatic heterocycles. The Morgan fingerprint density at radius 2 is 0.400 bits per heavy atom. The van der Waals surface area contributed by atoms with Gasteiger partial charge in [0.15, 0.2) is 0 Å². The number of benzene rings is 2. The first-order valence-corrected chi connectivity index (χ1v) is 41.9. The summed E-state index contributed by atoms with van der Waals surface area (Å²) in [5.74, 6) is 0. The lowest BCUT2D eigenvalue weighted by Gasteiger charge is -2.26. The van der Waals surface area contributed by atoms with E-state index in [0.29, 0.717) is 0 Å². The summed E-state index contributed by atoms with van der Waals surface area (Å²) < 4.78 is 0. The van der Waals surface area contributed by atoms with E-state index < -0.39 is 6.10 Å². The molecule has 1 unspecified atom stereocenters. The minimum atomic E-state index is -0.604. The van der Waals surface area contributed by atoms with Gasteiger partial charge in [-0.1, -0.05) is 461 Å². The molecule has 526 valence electrons. The second kappa shape index (κ2) is 68.7. The normalized spacial score (nSPS) is 12.2. The quantitative estimate of drug-likeness (QED) is 0.0669. The SMILES string of the molecule is CCCCCCCCCCCCCCCCCCN(CCCCCCCCCCCCCCCCCC)Cc1cc(CN(CCCCCCCCCCCCCCCCCC)CCCCCCCCCCCCCCCCCC)cc(C(O)c2ccccc2)c1. The fourth-order valence-electron chi connectivity index (χ4n) is 14.5. The molecule has 2 rings (SSSR count). The molecule has 90 heavy (non-hydrogen) atoms. The van der Waals surface area contributed by atoms with Gasteiger partial charge in [-0.25, -0.2) is 0 Å². The predicted molar refractivity (Wildman–Crippen MR) is 406 cm³/mol. The summed E-state index contributed by atoms with van der Waals surface area (Å²) in [6.45, 7) is 16.1. The van der Waals surface area contributed by atoms with E-state index in [1.54, 1.807) is 0 Å². The molecule has 0 amide bonds. The van der Waals surface area contributed by atoms with Crippen LogP contribution in [0, 0.1) is 0 Å². The molecular weight excluding hydrogens is 1090 g/mol. The van der Waals surface area contributed by atoms with Crippen molar-refractivity contribution in [2.45, 2.75) is 458 Å². The van der Waals surface area contributed by atoms with Crippen LogP contribution in [0.5, 0.6) is 0 Å². The maximum absolute atomic E-state index is 12.1. The maximum Gasteiger partial charge on any atom is 0.104 e. The standard InChI is InChI=1S/C87H162N2O/c1-5-9-13-17-21-25-29-33-37-41-45-49-53-57-61-68-74-88(75-69-62-58-54-50-46-42-38-34-30-26-22-18-14-10-6-2)81-83-78-84(80-86(79-83)87(90)85-72-66-65-67-73-85)82-89(76-70-63-59-55-51-47-43-39-35-31-27-23-19-15-11-7-3)77-71-64-60-56-52-48-44-40-36-32-28-24-20-16-12-8-4/h65-67,72-73,78-80,87,90H,5-64,68-71,74-77,81-82H2,1-4H3. The Morgan fingerprint density at radius 1 is 0.222 bits per heavy atom. The van der Waals surface area contributed by atoms with Crippen molar-refractivity contribution in [3.05, 3.63) is 70.8 Å². The van der Waals surface area contributed by atoms with Crippen LogP contribution >= 0.6 is 0 Å². The number of unbranched alkanes of at least 4 members (excludes halogenated alkanes) is 60. The van der Waals surface area contributed by atoms with Gasteiger partial charge in [-0.05, 0) is 74.1 Å². The average Bonchev–Trinajstić information content (AvgIpc) is 1.58. The zero-order chi connectivity index (χ0) is 64.2. The molecule has 1 atom stereocenters. The fourth-order valence-corrected chi connectivity index (χ4v) is 14.5. The first-order valence-electron chi connectivity index (χ1n) is 41.9. The number of aliphatic hydroxyl groups is 1. The lowest BCUT2D eigenvalue weighted by Crippen LogP contribution is -2.27. The Labute approximate surface area is 566 Å². The Bertz CT molecular complexity index is 1510. The minimum Gasteiger partial charge on any atom is -0.384 e. The summed E-state index contributed by atoms with van der Waals surface area (Å²) in [6.07, 6.45) is 90.3. The first kappa shape index (κ1) is 84.4. The van der Waals surface area contributed by atoms with E-state index in [0.717, 1.165) is 24.2 Å². The molecule has 0 heterocycles. The molecule has 0 saturated carbocycles. The van der Waals surface area contributed by atoms with Crippen molar-refractivity contribution in [3.8, 4) is 0 Å². The molecule has 0 bridgehead atoms. The third-order valence-corrected chi connectivity index (χ3v) is 20.6. The summed E-state index contributed by atoms with van der Waals surface area (Å²) >= 11 is 0. The Morgan fingerprint density at radius 3 is 0.589 bits per heavy atom. The van der Waals surface area contributed by atoms with E-state index in [1.165, 1.54) is 448 Å². The minimum absolute atomic E-state index is 0.604. The van der Waals surface area contributed by atoms with Gasteiger partial charge < -0.3 is 5.11 Å². The van der Waals surface area contributed by atoms with Crippen molar-refractivity contribution in [1.82, 2.24) is 9.80 Å². The van der Waals surface area contributed by atoms with Crippen LogP contribution in [-0.4, -0.2) is 41.1 Å². The van der Waals surface area contributed by atoms with Crippen LogP contribution in [0.1, 0.15) is 467 Å². The third-order valence-electron chi connectivity index (χ3n) is 20.6. The molecule has 0 aromatic heterocycles. The van der Waals surface area contributed by atoms with Gasteiger partial charge in [0.1, 0.15) is 6.10 Å². The molecule has 0 spiro atoms. The van der Waals surface area contributed by atoms with E-state index in [2.05, 4.69) is 86.0 Å².